The average molecular weight is 265 g/mol. The van der Waals surface area contributed by atoms with Gasteiger partial charge in [0.05, 0.1) is 12.7 Å². The third-order valence-corrected chi connectivity index (χ3v) is 2.73. The Hall–Kier alpha value is -1.75. The summed E-state index contributed by atoms with van der Waals surface area (Å²) in [5.74, 6) is -1.66. The lowest BCUT2D eigenvalue weighted by molar-refractivity contribution is 0.505. The normalized spacial score (nSPS) is 11.2. The highest BCUT2D eigenvalue weighted by atomic mass is 19.2. The van der Waals surface area contributed by atoms with E-state index in [1.165, 1.54) is 6.07 Å². The molecule has 0 aliphatic carbocycles. The fourth-order valence-corrected chi connectivity index (χ4v) is 1.73. The van der Waals surface area contributed by atoms with E-state index in [2.05, 4.69) is 24.3 Å². The van der Waals surface area contributed by atoms with Crippen LogP contribution in [-0.2, 0) is 13.1 Å². The van der Waals surface area contributed by atoms with Gasteiger partial charge in [0.2, 0.25) is 0 Å². The molecule has 0 bridgehead atoms. The maximum atomic E-state index is 13.1. The maximum Gasteiger partial charge on any atom is 0.159 e. The highest BCUT2D eigenvalue weighted by molar-refractivity contribution is 5.18. The topological polar surface area (TPSA) is 29.9 Å². The predicted molar refractivity (Wildman–Crippen MR) is 69.7 cm³/mol. The largest absolute Gasteiger partial charge is 0.310 e. The van der Waals surface area contributed by atoms with Crippen LogP contribution in [0.3, 0.4) is 0 Å². The lowest BCUT2D eigenvalue weighted by Gasteiger charge is -2.05. The van der Waals surface area contributed by atoms with Crippen molar-refractivity contribution in [2.45, 2.75) is 33.0 Å². The summed E-state index contributed by atoms with van der Waals surface area (Å²) in [5, 5.41) is 7.49. The molecule has 0 aliphatic heterocycles. The van der Waals surface area contributed by atoms with Crippen molar-refractivity contribution in [2.75, 3.05) is 0 Å². The number of rotatable bonds is 5. The van der Waals surface area contributed by atoms with E-state index in [0.29, 0.717) is 18.2 Å². The van der Waals surface area contributed by atoms with Crippen LogP contribution in [0.5, 0.6) is 0 Å². The first kappa shape index (κ1) is 13.7. The van der Waals surface area contributed by atoms with Gasteiger partial charge in [-0.15, -0.1) is 0 Å². The van der Waals surface area contributed by atoms with Crippen molar-refractivity contribution >= 4 is 0 Å². The van der Waals surface area contributed by atoms with Crippen LogP contribution in [0.25, 0.3) is 0 Å². The maximum absolute atomic E-state index is 13.1. The number of nitrogens with one attached hydrogen (secondary N) is 1. The summed E-state index contributed by atoms with van der Waals surface area (Å²) in [4.78, 5) is 0. The number of hydrogen-bond acceptors (Lipinski definition) is 2. The Bertz CT molecular complexity index is 549. The Morgan fingerprint density at radius 3 is 2.68 bits per heavy atom. The van der Waals surface area contributed by atoms with Crippen molar-refractivity contribution < 1.29 is 8.78 Å². The molecule has 102 valence electrons. The standard InChI is InChI=1S/C14H17F2N3/c1-10(2)17-6-12-7-18-19(9-12)8-11-3-4-13(15)14(16)5-11/h3-5,7,9-10,17H,6,8H2,1-2H3. The molecule has 0 radical (unpaired) electrons. The Morgan fingerprint density at radius 2 is 2.00 bits per heavy atom. The van der Waals surface area contributed by atoms with Gasteiger partial charge in [0.1, 0.15) is 0 Å². The van der Waals surface area contributed by atoms with Crippen molar-refractivity contribution in [3.63, 3.8) is 0 Å². The van der Waals surface area contributed by atoms with Crippen molar-refractivity contribution in [3.05, 3.63) is 53.4 Å². The van der Waals surface area contributed by atoms with Crippen LogP contribution >= 0.6 is 0 Å². The summed E-state index contributed by atoms with van der Waals surface area (Å²) in [6, 6.07) is 4.31. The lowest BCUT2D eigenvalue weighted by Crippen LogP contribution is -2.21. The summed E-state index contributed by atoms with van der Waals surface area (Å²) < 4.78 is 27.6. The van der Waals surface area contributed by atoms with E-state index in [-0.39, 0.29) is 0 Å². The second-order valence-corrected chi connectivity index (χ2v) is 4.83. The van der Waals surface area contributed by atoms with Crippen LogP contribution in [0.4, 0.5) is 8.78 Å². The first-order valence-corrected chi connectivity index (χ1v) is 6.23. The Kier molecular flexibility index (Phi) is 4.27. The lowest BCUT2D eigenvalue weighted by atomic mass is 10.2. The van der Waals surface area contributed by atoms with Crippen molar-refractivity contribution in [2.24, 2.45) is 0 Å². The van der Waals surface area contributed by atoms with Gasteiger partial charge in [-0.05, 0) is 17.7 Å². The van der Waals surface area contributed by atoms with Gasteiger partial charge >= 0.3 is 0 Å². The summed E-state index contributed by atoms with van der Waals surface area (Å²) in [6.45, 7) is 5.33. The minimum atomic E-state index is -0.828. The molecule has 0 atom stereocenters. The minimum Gasteiger partial charge on any atom is -0.310 e. The molecule has 0 unspecified atom stereocenters. The van der Waals surface area contributed by atoms with Crippen molar-refractivity contribution in [1.82, 2.24) is 15.1 Å². The van der Waals surface area contributed by atoms with E-state index >= 15 is 0 Å². The zero-order valence-electron chi connectivity index (χ0n) is 11.0. The quantitative estimate of drug-likeness (QED) is 0.900. The third kappa shape index (κ3) is 3.86. The number of hydrogen-bond donors (Lipinski definition) is 1. The van der Waals surface area contributed by atoms with Gasteiger partial charge in [0.25, 0.3) is 0 Å². The second kappa shape index (κ2) is 5.93. The summed E-state index contributed by atoms with van der Waals surface area (Å²) in [5.41, 5.74) is 1.75. The molecule has 19 heavy (non-hydrogen) atoms. The van der Waals surface area contributed by atoms with Crippen LogP contribution in [0.2, 0.25) is 0 Å². The first-order valence-electron chi connectivity index (χ1n) is 6.23. The third-order valence-electron chi connectivity index (χ3n) is 2.73. The van der Waals surface area contributed by atoms with Gasteiger partial charge in [0.15, 0.2) is 11.6 Å². The van der Waals surface area contributed by atoms with Crippen LogP contribution in [-0.4, -0.2) is 15.8 Å². The number of halogens is 2. The number of benzene rings is 1. The molecule has 1 aromatic carbocycles. The van der Waals surface area contributed by atoms with Gasteiger partial charge in [-0.25, -0.2) is 8.78 Å². The van der Waals surface area contributed by atoms with Crippen molar-refractivity contribution in [3.8, 4) is 0 Å². The van der Waals surface area contributed by atoms with Crippen molar-refractivity contribution in [1.29, 1.82) is 0 Å². The highest BCUT2D eigenvalue weighted by Gasteiger charge is 2.04. The van der Waals surface area contributed by atoms with Crippen LogP contribution in [0.1, 0.15) is 25.0 Å². The molecule has 0 aliphatic rings. The molecule has 0 saturated heterocycles. The van der Waals surface area contributed by atoms with E-state index in [4.69, 9.17) is 0 Å². The minimum absolute atomic E-state index is 0.412. The smallest absolute Gasteiger partial charge is 0.159 e. The molecule has 0 amide bonds. The second-order valence-electron chi connectivity index (χ2n) is 4.83. The van der Waals surface area contributed by atoms with Gasteiger partial charge in [-0.2, -0.15) is 5.10 Å². The highest BCUT2D eigenvalue weighted by Crippen LogP contribution is 2.10. The molecule has 2 rings (SSSR count). The molecule has 1 heterocycles. The van der Waals surface area contributed by atoms with E-state index in [1.54, 1.807) is 16.9 Å². The molecule has 0 saturated carbocycles. The van der Waals surface area contributed by atoms with E-state index < -0.39 is 11.6 Å². The molecule has 1 N–H and O–H groups in total. The zero-order valence-corrected chi connectivity index (χ0v) is 11.0. The summed E-state index contributed by atoms with van der Waals surface area (Å²) >= 11 is 0. The predicted octanol–water partition coefficient (Wildman–Crippen LogP) is 2.71. The van der Waals surface area contributed by atoms with Crippen LogP contribution in [0, 0.1) is 11.6 Å². The molecule has 0 fully saturated rings. The van der Waals surface area contributed by atoms with Gasteiger partial charge in [0, 0.05) is 24.3 Å². The molecule has 5 heteroatoms. The number of aromatic nitrogens is 2. The fraction of sp³-hybridized carbons (Fsp3) is 0.357. The molecular formula is C14H17F2N3. The zero-order chi connectivity index (χ0) is 13.8. The fourth-order valence-electron chi connectivity index (χ4n) is 1.73. The average Bonchev–Trinajstić information content (AvgIpc) is 2.79. The van der Waals surface area contributed by atoms with E-state index in [9.17, 15) is 8.78 Å². The Balaban J connectivity index is 2.01. The van der Waals surface area contributed by atoms with E-state index in [1.807, 2.05) is 6.20 Å². The number of nitrogens with zero attached hydrogens (tertiary/aromatic N) is 2. The molecule has 0 spiro atoms. The molecule has 3 nitrogen and oxygen atoms in total. The monoisotopic (exact) mass is 265 g/mol. The van der Waals surface area contributed by atoms with Crippen LogP contribution in [0.15, 0.2) is 30.6 Å². The molecular weight excluding hydrogens is 248 g/mol. The molecule has 2 aromatic rings. The summed E-state index contributed by atoms with van der Waals surface area (Å²) in [6.07, 6.45) is 3.67. The Labute approximate surface area is 111 Å². The van der Waals surface area contributed by atoms with Gasteiger partial charge < -0.3 is 5.32 Å². The van der Waals surface area contributed by atoms with E-state index in [0.717, 1.165) is 18.2 Å². The van der Waals surface area contributed by atoms with Gasteiger partial charge in [-0.3, -0.25) is 4.68 Å². The van der Waals surface area contributed by atoms with Gasteiger partial charge in [-0.1, -0.05) is 19.9 Å². The first-order chi connectivity index (χ1) is 9.04. The molecule has 1 aromatic heterocycles. The Morgan fingerprint density at radius 1 is 1.21 bits per heavy atom. The van der Waals surface area contributed by atoms with Crippen LogP contribution < -0.4 is 5.32 Å². The summed E-state index contributed by atoms with van der Waals surface area (Å²) in [7, 11) is 0. The SMILES string of the molecule is CC(C)NCc1cnn(Cc2ccc(F)c(F)c2)c1.